The molecule has 4 rings (SSSR count). The highest BCUT2D eigenvalue weighted by molar-refractivity contribution is 7.22. The molecule has 1 amide bonds. The Bertz CT molecular complexity index is 927. The summed E-state index contributed by atoms with van der Waals surface area (Å²) in [4.78, 5) is 19.4. The molecule has 1 aliphatic heterocycles. The van der Waals surface area contributed by atoms with Crippen molar-refractivity contribution in [2.75, 3.05) is 25.1 Å². The van der Waals surface area contributed by atoms with Crippen LogP contribution in [0.1, 0.15) is 23.3 Å². The van der Waals surface area contributed by atoms with Crippen LogP contribution in [0.3, 0.4) is 0 Å². The average Bonchev–Trinajstić information content (AvgIpc) is 3.28. The van der Waals surface area contributed by atoms with Crippen molar-refractivity contribution in [1.82, 2.24) is 20.1 Å². The SMILES string of the molecule is COc1cccc2sc(N3CCC(NC(=O)c4ccnn4C)CC3)nc12. The van der Waals surface area contributed by atoms with Crippen LogP contribution in [0.5, 0.6) is 5.75 Å². The van der Waals surface area contributed by atoms with Crippen molar-refractivity contribution in [3.8, 4) is 5.75 Å². The second kappa shape index (κ2) is 6.95. The van der Waals surface area contributed by atoms with Gasteiger partial charge in [-0.25, -0.2) is 4.98 Å². The summed E-state index contributed by atoms with van der Waals surface area (Å²) >= 11 is 1.68. The number of aryl methyl sites for hydroxylation is 1. The van der Waals surface area contributed by atoms with Crippen molar-refractivity contribution >= 4 is 32.6 Å². The second-order valence-electron chi connectivity index (χ2n) is 6.38. The van der Waals surface area contributed by atoms with Gasteiger partial charge in [-0.15, -0.1) is 0 Å². The lowest BCUT2D eigenvalue weighted by Gasteiger charge is -2.32. The molecule has 0 saturated carbocycles. The number of ether oxygens (including phenoxy) is 1. The smallest absolute Gasteiger partial charge is 0.269 e. The summed E-state index contributed by atoms with van der Waals surface area (Å²) < 4.78 is 8.13. The maximum Gasteiger partial charge on any atom is 0.269 e. The van der Waals surface area contributed by atoms with Crippen molar-refractivity contribution in [2.24, 2.45) is 7.05 Å². The van der Waals surface area contributed by atoms with Crippen LogP contribution in [0, 0.1) is 0 Å². The molecule has 1 aliphatic rings. The minimum absolute atomic E-state index is 0.0619. The number of amides is 1. The molecule has 2 aromatic heterocycles. The minimum Gasteiger partial charge on any atom is -0.494 e. The number of rotatable bonds is 4. The number of hydrogen-bond donors (Lipinski definition) is 1. The molecule has 1 saturated heterocycles. The zero-order valence-electron chi connectivity index (χ0n) is 14.8. The molecule has 0 unspecified atom stereocenters. The molecule has 1 aromatic carbocycles. The van der Waals surface area contributed by atoms with Crippen molar-refractivity contribution in [3.63, 3.8) is 0 Å². The summed E-state index contributed by atoms with van der Waals surface area (Å²) in [6.45, 7) is 1.75. The van der Waals surface area contributed by atoms with Gasteiger partial charge >= 0.3 is 0 Å². The molecule has 3 aromatic rings. The maximum absolute atomic E-state index is 12.3. The topological polar surface area (TPSA) is 72.3 Å². The van der Waals surface area contributed by atoms with E-state index in [1.54, 1.807) is 42.4 Å². The number of piperidine rings is 1. The lowest BCUT2D eigenvalue weighted by Crippen LogP contribution is -2.45. The predicted molar refractivity (Wildman–Crippen MR) is 102 cm³/mol. The first-order chi connectivity index (χ1) is 12.7. The molecule has 3 heterocycles. The Kier molecular flexibility index (Phi) is 4.50. The average molecular weight is 371 g/mol. The molecular weight excluding hydrogens is 350 g/mol. The van der Waals surface area contributed by atoms with E-state index in [1.807, 2.05) is 12.1 Å². The highest BCUT2D eigenvalue weighted by Gasteiger charge is 2.24. The van der Waals surface area contributed by atoms with Crippen molar-refractivity contribution in [2.45, 2.75) is 18.9 Å². The highest BCUT2D eigenvalue weighted by Crippen LogP contribution is 2.34. The number of thiazole rings is 1. The van der Waals surface area contributed by atoms with E-state index < -0.39 is 0 Å². The van der Waals surface area contributed by atoms with Crippen molar-refractivity contribution in [1.29, 1.82) is 0 Å². The molecule has 1 N–H and O–H groups in total. The van der Waals surface area contributed by atoms with Crippen molar-refractivity contribution in [3.05, 3.63) is 36.2 Å². The third kappa shape index (κ3) is 3.12. The molecule has 0 radical (unpaired) electrons. The number of hydrogen-bond acceptors (Lipinski definition) is 6. The van der Waals surface area contributed by atoms with Gasteiger partial charge in [-0.2, -0.15) is 5.10 Å². The molecule has 0 bridgehead atoms. The largest absolute Gasteiger partial charge is 0.494 e. The molecule has 0 atom stereocenters. The fourth-order valence-electron chi connectivity index (χ4n) is 3.28. The Balaban J connectivity index is 1.41. The first-order valence-corrected chi connectivity index (χ1v) is 9.44. The zero-order valence-corrected chi connectivity index (χ0v) is 15.6. The molecule has 8 heteroatoms. The van der Waals surface area contributed by atoms with Gasteiger partial charge in [0.15, 0.2) is 5.13 Å². The molecule has 0 spiro atoms. The lowest BCUT2D eigenvalue weighted by molar-refractivity contribution is 0.0921. The summed E-state index contributed by atoms with van der Waals surface area (Å²) in [7, 11) is 3.45. The van der Waals surface area contributed by atoms with Crippen LogP contribution in [-0.4, -0.2) is 46.9 Å². The van der Waals surface area contributed by atoms with Gasteiger partial charge in [-0.1, -0.05) is 17.4 Å². The van der Waals surface area contributed by atoms with E-state index in [0.29, 0.717) is 5.69 Å². The minimum atomic E-state index is -0.0619. The summed E-state index contributed by atoms with van der Waals surface area (Å²) in [5.41, 5.74) is 1.51. The fraction of sp³-hybridized carbons (Fsp3) is 0.389. The first-order valence-electron chi connectivity index (χ1n) is 8.63. The van der Waals surface area contributed by atoms with Gasteiger partial charge in [0, 0.05) is 32.4 Å². The monoisotopic (exact) mass is 371 g/mol. The van der Waals surface area contributed by atoms with E-state index in [9.17, 15) is 4.79 Å². The van der Waals surface area contributed by atoms with Gasteiger partial charge in [0.1, 0.15) is 17.0 Å². The number of benzene rings is 1. The summed E-state index contributed by atoms with van der Waals surface area (Å²) in [6.07, 6.45) is 3.44. The number of carbonyl (C=O) groups excluding carboxylic acids is 1. The van der Waals surface area contributed by atoms with Crippen LogP contribution in [0.4, 0.5) is 5.13 Å². The Labute approximate surface area is 155 Å². The number of para-hydroxylation sites is 1. The number of nitrogens with zero attached hydrogens (tertiary/aromatic N) is 4. The summed E-state index contributed by atoms with van der Waals surface area (Å²) in [5, 5.41) is 8.18. The van der Waals surface area contributed by atoms with E-state index in [4.69, 9.17) is 9.72 Å². The normalized spacial score (nSPS) is 15.4. The standard InChI is InChI=1S/C18H21N5O2S/c1-22-13(6-9-19-22)17(24)20-12-7-10-23(11-8-12)18-21-16-14(25-2)4-3-5-15(16)26-18/h3-6,9,12H,7-8,10-11H2,1-2H3,(H,20,24). The van der Waals surface area contributed by atoms with Crippen LogP contribution in [0.25, 0.3) is 10.2 Å². The van der Waals surface area contributed by atoms with Gasteiger partial charge in [0.2, 0.25) is 0 Å². The molecule has 1 fully saturated rings. The van der Waals surface area contributed by atoms with Gasteiger partial charge < -0.3 is 15.0 Å². The first kappa shape index (κ1) is 16.8. The Morgan fingerprint density at radius 1 is 1.31 bits per heavy atom. The molecular formula is C18H21N5O2S. The van der Waals surface area contributed by atoms with Crippen LogP contribution in [0.15, 0.2) is 30.5 Å². The molecule has 136 valence electrons. The quantitative estimate of drug-likeness (QED) is 0.763. The van der Waals surface area contributed by atoms with E-state index >= 15 is 0 Å². The third-order valence-electron chi connectivity index (χ3n) is 4.74. The number of anilines is 1. The van der Waals surface area contributed by atoms with Gasteiger partial charge in [0.05, 0.1) is 11.8 Å². The number of nitrogens with one attached hydrogen (secondary N) is 1. The van der Waals surface area contributed by atoms with Gasteiger partial charge in [-0.05, 0) is 31.0 Å². The Morgan fingerprint density at radius 2 is 2.12 bits per heavy atom. The number of fused-ring (bicyclic) bond motifs is 1. The lowest BCUT2D eigenvalue weighted by atomic mass is 10.1. The number of aromatic nitrogens is 3. The molecule has 7 nitrogen and oxygen atoms in total. The van der Waals surface area contributed by atoms with E-state index in [0.717, 1.165) is 47.0 Å². The maximum atomic E-state index is 12.3. The predicted octanol–water partition coefficient (Wildman–Crippen LogP) is 2.44. The zero-order chi connectivity index (χ0) is 18.1. The van der Waals surface area contributed by atoms with Gasteiger partial charge in [-0.3, -0.25) is 9.48 Å². The summed E-state index contributed by atoms with van der Waals surface area (Å²) in [6, 6.07) is 7.91. The number of methoxy groups -OCH3 is 1. The van der Waals surface area contributed by atoms with E-state index in [2.05, 4.69) is 21.4 Å². The van der Waals surface area contributed by atoms with E-state index in [1.165, 1.54) is 0 Å². The van der Waals surface area contributed by atoms with Gasteiger partial charge in [0.25, 0.3) is 5.91 Å². The molecule has 0 aliphatic carbocycles. The van der Waals surface area contributed by atoms with Crippen LogP contribution in [0.2, 0.25) is 0 Å². The third-order valence-corrected chi connectivity index (χ3v) is 5.83. The van der Waals surface area contributed by atoms with Crippen LogP contribution >= 0.6 is 11.3 Å². The van der Waals surface area contributed by atoms with Crippen LogP contribution < -0.4 is 15.0 Å². The number of carbonyl (C=O) groups is 1. The second-order valence-corrected chi connectivity index (χ2v) is 7.39. The fourth-order valence-corrected chi connectivity index (χ4v) is 4.32. The van der Waals surface area contributed by atoms with Crippen LogP contribution in [-0.2, 0) is 7.05 Å². The van der Waals surface area contributed by atoms with Crippen molar-refractivity contribution < 1.29 is 9.53 Å². The Hall–Kier alpha value is -2.61. The highest BCUT2D eigenvalue weighted by atomic mass is 32.1. The van der Waals surface area contributed by atoms with E-state index in [-0.39, 0.29) is 11.9 Å². The summed E-state index contributed by atoms with van der Waals surface area (Å²) in [5.74, 6) is 0.747. The molecule has 26 heavy (non-hydrogen) atoms. The Morgan fingerprint density at radius 3 is 2.81 bits per heavy atom.